The van der Waals surface area contributed by atoms with Crippen LogP contribution >= 0.6 is 15.9 Å². The number of nitrogens with one attached hydrogen (secondary N) is 2. The molecule has 0 aliphatic carbocycles. The number of hydrogen-bond acceptors (Lipinski definition) is 3. The molecule has 0 atom stereocenters. The van der Waals surface area contributed by atoms with E-state index in [9.17, 15) is 22.0 Å². The molecule has 1 amide bonds. The molecule has 4 rings (SSSR count). The first-order chi connectivity index (χ1) is 15.5. The van der Waals surface area contributed by atoms with Gasteiger partial charge in [-0.15, -0.1) is 0 Å². The van der Waals surface area contributed by atoms with Crippen molar-refractivity contribution in [3.05, 3.63) is 82.5 Å². The third-order valence-electron chi connectivity index (χ3n) is 5.11. The van der Waals surface area contributed by atoms with Crippen LogP contribution in [0.1, 0.15) is 10.5 Å². The van der Waals surface area contributed by atoms with E-state index in [1.165, 1.54) is 13.1 Å². The summed E-state index contributed by atoms with van der Waals surface area (Å²) in [6, 6.07) is 14.9. The molecular formula is C23H18BrF2N3O3S. The Morgan fingerprint density at radius 3 is 2.48 bits per heavy atom. The van der Waals surface area contributed by atoms with Crippen molar-refractivity contribution in [1.29, 1.82) is 0 Å². The van der Waals surface area contributed by atoms with E-state index >= 15 is 0 Å². The van der Waals surface area contributed by atoms with Crippen LogP contribution in [-0.2, 0) is 10.0 Å². The maximum Gasteiger partial charge on any atom is 0.272 e. The minimum Gasteiger partial charge on any atom is -0.350 e. The molecular weight excluding hydrogens is 516 g/mol. The summed E-state index contributed by atoms with van der Waals surface area (Å²) in [5, 5.41) is 3.49. The Morgan fingerprint density at radius 1 is 1.03 bits per heavy atom. The van der Waals surface area contributed by atoms with Crippen molar-refractivity contribution in [2.75, 3.05) is 22.9 Å². The molecule has 0 spiro atoms. The third-order valence-corrected chi connectivity index (χ3v) is 6.77. The number of rotatable bonds is 5. The monoisotopic (exact) mass is 533 g/mol. The predicted octanol–water partition coefficient (Wildman–Crippen LogP) is 5.52. The van der Waals surface area contributed by atoms with E-state index in [1.54, 1.807) is 42.5 Å². The number of H-pyrrole nitrogens is 1. The van der Waals surface area contributed by atoms with Crippen molar-refractivity contribution >= 4 is 54.1 Å². The summed E-state index contributed by atoms with van der Waals surface area (Å²) < 4.78 is 52.8. The lowest BCUT2D eigenvalue weighted by atomic mass is 10.0. The van der Waals surface area contributed by atoms with Gasteiger partial charge in [-0.1, -0.05) is 22.0 Å². The Morgan fingerprint density at radius 2 is 1.79 bits per heavy atom. The van der Waals surface area contributed by atoms with Gasteiger partial charge in [-0.2, -0.15) is 0 Å². The number of sulfonamides is 1. The molecule has 0 aliphatic heterocycles. The van der Waals surface area contributed by atoms with E-state index in [4.69, 9.17) is 0 Å². The molecule has 0 unspecified atom stereocenters. The molecule has 0 bridgehead atoms. The molecule has 33 heavy (non-hydrogen) atoms. The van der Waals surface area contributed by atoms with Gasteiger partial charge in [0.25, 0.3) is 5.91 Å². The van der Waals surface area contributed by atoms with Crippen LogP contribution in [0.2, 0.25) is 0 Å². The second-order valence-corrected chi connectivity index (χ2v) is 10.4. The van der Waals surface area contributed by atoms with Gasteiger partial charge in [0.05, 0.1) is 11.9 Å². The van der Waals surface area contributed by atoms with Gasteiger partial charge in [-0.3, -0.25) is 9.10 Å². The maximum atomic E-state index is 14.2. The molecule has 4 aromatic rings. The predicted molar refractivity (Wildman–Crippen MR) is 129 cm³/mol. The number of fused-ring (bicyclic) bond motifs is 1. The Bertz CT molecular complexity index is 1500. The Balaban J connectivity index is 1.62. The lowest BCUT2D eigenvalue weighted by molar-refractivity contribution is 0.102. The topological polar surface area (TPSA) is 82.3 Å². The largest absolute Gasteiger partial charge is 0.350 e. The van der Waals surface area contributed by atoms with Gasteiger partial charge in [0.2, 0.25) is 10.0 Å². The minimum atomic E-state index is -3.42. The van der Waals surface area contributed by atoms with Crippen LogP contribution in [0.4, 0.5) is 20.2 Å². The van der Waals surface area contributed by atoms with Gasteiger partial charge >= 0.3 is 0 Å². The van der Waals surface area contributed by atoms with Crippen molar-refractivity contribution < 1.29 is 22.0 Å². The number of amides is 1. The lowest BCUT2D eigenvalue weighted by Crippen LogP contribution is -2.24. The highest BCUT2D eigenvalue weighted by Gasteiger charge is 2.16. The molecule has 1 aromatic heterocycles. The molecule has 0 saturated heterocycles. The summed E-state index contributed by atoms with van der Waals surface area (Å²) in [6.07, 6.45) is 1.11. The van der Waals surface area contributed by atoms with Gasteiger partial charge in [-0.25, -0.2) is 17.2 Å². The zero-order chi connectivity index (χ0) is 23.9. The summed E-state index contributed by atoms with van der Waals surface area (Å²) >= 11 is 3.35. The van der Waals surface area contributed by atoms with Crippen molar-refractivity contribution in [2.45, 2.75) is 0 Å². The number of aromatic nitrogens is 1. The first kappa shape index (κ1) is 22.9. The second kappa shape index (κ2) is 8.60. The van der Waals surface area contributed by atoms with Crippen LogP contribution in [0, 0.1) is 11.6 Å². The number of halogens is 3. The maximum absolute atomic E-state index is 14.2. The van der Waals surface area contributed by atoms with Crippen molar-refractivity contribution in [1.82, 2.24) is 4.98 Å². The van der Waals surface area contributed by atoms with Gasteiger partial charge < -0.3 is 10.3 Å². The van der Waals surface area contributed by atoms with Gasteiger partial charge in [0.15, 0.2) is 0 Å². The van der Waals surface area contributed by atoms with Crippen molar-refractivity contribution in [3.8, 4) is 11.1 Å². The number of carbonyl (C=O) groups excluding carboxylic acids is 1. The normalized spacial score (nSPS) is 11.5. The molecule has 1 heterocycles. The fourth-order valence-corrected chi connectivity index (χ4v) is 4.35. The van der Waals surface area contributed by atoms with Crippen LogP contribution < -0.4 is 9.62 Å². The van der Waals surface area contributed by atoms with Crippen LogP contribution in [0.5, 0.6) is 0 Å². The molecule has 0 radical (unpaired) electrons. The Hall–Kier alpha value is -3.24. The highest BCUT2D eigenvalue weighted by Crippen LogP contribution is 2.30. The summed E-state index contributed by atoms with van der Waals surface area (Å²) in [4.78, 5) is 15.8. The average molecular weight is 534 g/mol. The van der Waals surface area contributed by atoms with Crippen LogP contribution in [0.15, 0.2) is 65.1 Å². The Kier molecular flexibility index (Phi) is 5.98. The highest BCUT2D eigenvalue weighted by atomic mass is 79.9. The molecule has 0 fully saturated rings. The molecule has 6 nitrogen and oxygen atoms in total. The zero-order valence-corrected chi connectivity index (χ0v) is 19.9. The average Bonchev–Trinajstić information content (AvgIpc) is 3.15. The van der Waals surface area contributed by atoms with E-state index in [1.807, 2.05) is 0 Å². The summed E-state index contributed by atoms with van der Waals surface area (Å²) in [5.41, 5.74) is 2.37. The highest BCUT2D eigenvalue weighted by molar-refractivity contribution is 9.10. The molecule has 10 heteroatoms. The van der Waals surface area contributed by atoms with Crippen LogP contribution in [-0.4, -0.2) is 32.6 Å². The second-order valence-electron chi connectivity index (χ2n) is 7.49. The van der Waals surface area contributed by atoms with Crippen LogP contribution in [0.3, 0.4) is 0 Å². The number of carbonyl (C=O) groups is 1. The van der Waals surface area contributed by atoms with Crippen molar-refractivity contribution in [3.63, 3.8) is 0 Å². The Labute approximate surface area is 197 Å². The molecule has 170 valence electrons. The van der Waals surface area contributed by atoms with Gasteiger partial charge in [0, 0.05) is 39.7 Å². The summed E-state index contributed by atoms with van der Waals surface area (Å²) in [7, 11) is -1.98. The number of anilines is 2. The zero-order valence-electron chi connectivity index (χ0n) is 17.5. The third kappa shape index (κ3) is 4.91. The SMILES string of the molecule is CN(c1ccc2cc(C(=O)Nc3cc(Br)cc(-c4ccc(F)cc4F)c3)[nH]c2c1)S(C)(=O)=O. The first-order valence-corrected chi connectivity index (χ1v) is 12.3. The summed E-state index contributed by atoms with van der Waals surface area (Å²) in [6.45, 7) is 0. The van der Waals surface area contributed by atoms with Crippen molar-refractivity contribution in [2.24, 2.45) is 0 Å². The van der Waals surface area contributed by atoms with E-state index in [0.29, 0.717) is 26.9 Å². The lowest BCUT2D eigenvalue weighted by Gasteiger charge is -2.16. The fraction of sp³-hybridized carbons (Fsp3) is 0.0870. The van der Waals surface area contributed by atoms with E-state index in [-0.39, 0.29) is 11.3 Å². The van der Waals surface area contributed by atoms with Crippen LogP contribution in [0.25, 0.3) is 22.0 Å². The molecule has 2 N–H and O–H groups in total. The number of aromatic amines is 1. The minimum absolute atomic E-state index is 0.196. The number of benzene rings is 3. The molecule has 3 aromatic carbocycles. The first-order valence-electron chi connectivity index (χ1n) is 9.65. The fourth-order valence-electron chi connectivity index (χ4n) is 3.36. The van der Waals surface area contributed by atoms with E-state index < -0.39 is 27.6 Å². The quantitative estimate of drug-likeness (QED) is 0.354. The molecule has 0 saturated carbocycles. The number of hydrogen-bond donors (Lipinski definition) is 2. The van der Waals surface area contributed by atoms with Gasteiger partial charge in [0.1, 0.15) is 17.3 Å². The van der Waals surface area contributed by atoms with E-state index in [0.717, 1.165) is 28.1 Å². The molecule has 0 aliphatic rings. The smallest absolute Gasteiger partial charge is 0.272 e. The van der Waals surface area contributed by atoms with E-state index in [2.05, 4.69) is 26.2 Å². The summed E-state index contributed by atoms with van der Waals surface area (Å²) in [5.74, 6) is -1.83. The standard InChI is InChI=1S/C23H18BrF2N3O3S/c1-29(33(2,31)32)18-5-3-13-9-22(28-21(13)12-18)23(30)27-17-8-14(7-15(24)10-17)19-6-4-16(25)11-20(19)26/h3-12,28H,1-2H3,(H,27,30). The van der Waals surface area contributed by atoms with Gasteiger partial charge in [-0.05, 0) is 54.1 Å². The number of nitrogens with zero attached hydrogens (tertiary/aromatic N) is 1.